The molecule has 2 unspecified atom stereocenters. The molecule has 0 radical (unpaired) electrons. The number of carbonyl (C=O) groups is 1. The van der Waals surface area contributed by atoms with Crippen molar-refractivity contribution in [3.8, 4) is 17.2 Å². The second-order valence-corrected chi connectivity index (χ2v) is 7.20. The zero-order valence-electron chi connectivity index (χ0n) is 17.3. The van der Waals surface area contributed by atoms with Crippen LogP contribution in [0.1, 0.15) is 22.8 Å². The van der Waals surface area contributed by atoms with Gasteiger partial charge in [0.1, 0.15) is 24.0 Å². The summed E-state index contributed by atoms with van der Waals surface area (Å²) >= 11 is 0. The van der Waals surface area contributed by atoms with Crippen LogP contribution in [0.3, 0.4) is 0 Å². The van der Waals surface area contributed by atoms with E-state index in [4.69, 9.17) is 14.2 Å². The van der Waals surface area contributed by atoms with E-state index in [0.717, 1.165) is 5.56 Å². The molecule has 2 atom stereocenters. The van der Waals surface area contributed by atoms with Gasteiger partial charge in [0, 0.05) is 0 Å². The standard InChI is InChI=1S/C25H22O7/c1-30-18-13-12-17(31-14-15-8-4-2-5-9-15)20(21(18)26)23(28)24-22(27)19(25(29)32-24)16-10-6-3-7-11-16/h2-13,23-24,26-28H,14H2,1H3. The number of methoxy groups -OCH3 is 1. The lowest BCUT2D eigenvalue weighted by Crippen LogP contribution is -2.22. The van der Waals surface area contributed by atoms with Crippen LogP contribution >= 0.6 is 0 Å². The Morgan fingerprint density at radius 2 is 1.56 bits per heavy atom. The van der Waals surface area contributed by atoms with Crippen molar-refractivity contribution in [1.29, 1.82) is 0 Å². The molecule has 0 amide bonds. The number of phenols is 1. The predicted molar refractivity (Wildman–Crippen MR) is 116 cm³/mol. The highest BCUT2D eigenvalue weighted by atomic mass is 16.6. The van der Waals surface area contributed by atoms with Crippen molar-refractivity contribution in [2.45, 2.75) is 18.8 Å². The van der Waals surface area contributed by atoms with E-state index in [1.165, 1.54) is 19.2 Å². The molecule has 3 N–H and O–H groups in total. The Labute approximate surface area is 184 Å². The first-order chi connectivity index (χ1) is 15.5. The molecule has 0 aromatic heterocycles. The zero-order chi connectivity index (χ0) is 22.7. The number of aromatic hydroxyl groups is 1. The molecule has 1 aliphatic rings. The quantitative estimate of drug-likeness (QED) is 0.484. The number of esters is 1. The Balaban J connectivity index is 1.70. The number of hydrogen-bond donors (Lipinski definition) is 3. The maximum Gasteiger partial charge on any atom is 0.343 e. The van der Waals surface area contributed by atoms with Crippen molar-refractivity contribution in [3.05, 3.63) is 95.2 Å². The minimum Gasteiger partial charge on any atom is -0.507 e. The SMILES string of the molecule is COc1ccc(OCc2ccccc2)c(C(O)C2OC(=O)C(c3ccccc3)=C2O)c1O. The van der Waals surface area contributed by atoms with E-state index < -0.39 is 23.9 Å². The van der Waals surface area contributed by atoms with Crippen LogP contribution in [0.25, 0.3) is 5.57 Å². The Bertz CT molecular complexity index is 1140. The van der Waals surface area contributed by atoms with Gasteiger partial charge in [-0.1, -0.05) is 60.7 Å². The van der Waals surface area contributed by atoms with E-state index in [9.17, 15) is 20.1 Å². The van der Waals surface area contributed by atoms with Gasteiger partial charge in [0.15, 0.2) is 23.4 Å². The zero-order valence-corrected chi connectivity index (χ0v) is 17.3. The second kappa shape index (κ2) is 9.03. The largest absolute Gasteiger partial charge is 0.507 e. The molecule has 164 valence electrons. The van der Waals surface area contributed by atoms with Crippen molar-refractivity contribution in [2.75, 3.05) is 7.11 Å². The molecule has 0 saturated carbocycles. The number of phenolic OH excluding ortho intramolecular Hbond substituents is 1. The summed E-state index contributed by atoms with van der Waals surface area (Å²) in [6, 6.07) is 20.9. The van der Waals surface area contributed by atoms with Crippen molar-refractivity contribution < 1.29 is 34.3 Å². The summed E-state index contributed by atoms with van der Waals surface area (Å²) < 4.78 is 16.3. The van der Waals surface area contributed by atoms with Crippen LogP contribution in [0.2, 0.25) is 0 Å². The van der Waals surface area contributed by atoms with E-state index in [2.05, 4.69) is 0 Å². The molecule has 1 heterocycles. The van der Waals surface area contributed by atoms with E-state index in [0.29, 0.717) is 5.56 Å². The van der Waals surface area contributed by atoms with E-state index in [1.807, 2.05) is 30.3 Å². The van der Waals surface area contributed by atoms with Gasteiger partial charge >= 0.3 is 5.97 Å². The Kier molecular flexibility index (Phi) is 6.00. The number of aliphatic hydroxyl groups is 2. The summed E-state index contributed by atoms with van der Waals surface area (Å²) in [5.41, 5.74) is 1.24. The molecular formula is C25H22O7. The van der Waals surface area contributed by atoms with Crippen molar-refractivity contribution >= 4 is 11.5 Å². The average molecular weight is 434 g/mol. The Morgan fingerprint density at radius 3 is 2.22 bits per heavy atom. The summed E-state index contributed by atoms with van der Waals surface area (Å²) in [7, 11) is 1.37. The van der Waals surface area contributed by atoms with Gasteiger partial charge in [-0.2, -0.15) is 0 Å². The summed E-state index contributed by atoms with van der Waals surface area (Å²) in [4.78, 5) is 12.5. The van der Waals surface area contributed by atoms with E-state index in [1.54, 1.807) is 30.3 Å². The van der Waals surface area contributed by atoms with Gasteiger partial charge in [-0.15, -0.1) is 0 Å². The molecule has 0 spiro atoms. The summed E-state index contributed by atoms with van der Waals surface area (Å²) in [5, 5.41) is 32.6. The fraction of sp³-hybridized carbons (Fsp3) is 0.160. The summed E-state index contributed by atoms with van der Waals surface area (Å²) in [6.07, 6.45) is -3.03. The molecule has 7 heteroatoms. The third-order valence-corrected chi connectivity index (χ3v) is 5.21. The first kappa shape index (κ1) is 21.3. The minimum atomic E-state index is -1.61. The molecule has 4 rings (SSSR count). The third-order valence-electron chi connectivity index (χ3n) is 5.21. The minimum absolute atomic E-state index is 0.0382. The predicted octanol–water partition coefficient (Wildman–Crippen LogP) is 3.91. The lowest BCUT2D eigenvalue weighted by Gasteiger charge is -2.22. The normalized spacial score (nSPS) is 16.6. The molecule has 0 aliphatic carbocycles. The van der Waals surface area contributed by atoms with Crippen molar-refractivity contribution in [3.63, 3.8) is 0 Å². The van der Waals surface area contributed by atoms with Gasteiger partial charge in [-0.3, -0.25) is 0 Å². The second-order valence-electron chi connectivity index (χ2n) is 7.20. The molecule has 3 aromatic carbocycles. The van der Waals surface area contributed by atoms with Gasteiger partial charge in [-0.05, 0) is 23.3 Å². The van der Waals surface area contributed by atoms with Crippen LogP contribution in [0.4, 0.5) is 0 Å². The van der Waals surface area contributed by atoms with Gasteiger partial charge in [0.05, 0.1) is 12.7 Å². The number of ether oxygens (including phenoxy) is 3. The number of carbonyl (C=O) groups excluding carboxylic acids is 1. The lowest BCUT2D eigenvalue weighted by atomic mass is 9.98. The third kappa shape index (κ3) is 3.98. The smallest absolute Gasteiger partial charge is 0.343 e. The van der Waals surface area contributed by atoms with Crippen LogP contribution in [0.15, 0.2) is 78.6 Å². The monoisotopic (exact) mass is 434 g/mol. The molecule has 7 nitrogen and oxygen atoms in total. The fourth-order valence-electron chi connectivity index (χ4n) is 3.59. The molecule has 3 aromatic rings. The van der Waals surface area contributed by atoms with Crippen molar-refractivity contribution in [2.24, 2.45) is 0 Å². The molecule has 0 fully saturated rings. The maximum absolute atomic E-state index is 12.5. The number of aliphatic hydroxyl groups excluding tert-OH is 2. The van der Waals surface area contributed by atoms with Crippen LogP contribution < -0.4 is 9.47 Å². The van der Waals surface area contributed by atoms with Gasteiger partial charge in [0.2, 0.25) is 0 Å². The number of hydrogen-bond acceptors (Lipinski definition) is 7. The number of cyclic esters (lactones) is 1. The van der Waals surface area contributed by atoms with Crippen LogP contribution in [-0.4, -0.2) is 34.5 Å². The first-order valence-corrected chi connectivity index (χ1v) is 9.95. The molecular weight excluding hydrogens is 412 g/mol. The van der Waals surface area contributed by atoms with E-state index in [-0.39, 0.29) is 35.0 Å². The van der Waals surface area contributed by atoms with Crippen LogP contribution in [0.5, 0.6) is 17.2 Å². The lowest BCUT2D eigenvalue weighted by molar-refractivity contribution is -0.143. The van der Waals surface area contributed by atoms with Gasteiger partial charge < -0.3 is 29.5 Å². The fourth-order valence-corrected chi connectivity index (χ4v) is 3.59. The maximum atomic E-state index is 12.5. The van der Waals surface area contributed by atoms with Gasteiger partial charge in [-0.25, -0.2) is 4.79 Å². The van der Waals surface area contributed by atoms with Crippen molar-refractivity contribution in [1.82, 2.24) is 0 Å². The first-order valence-electron chi connectivity index (χ1n) is 9.95. The highest BCUT2D eigenvalue weighted by Crippen LogP contribution is 2.45. The molecule has 1 aliphatic heterocycles. The highest BCUT2D eigenvalue weighted by molar-refractivity contribution is 6.19. The summed E-state index contributed by atoms with van der Waals surface area (Å²) in [5.74, 6) is -1.31. The molecule has 0 saturated heterocycles. The van der Waals surface area contributed by atoms with Crippen LogP contribution in [-0.2, 0) is 16.1 Å². The molecule has 32 heavy (non-hydrogen) atoms. The molecule has 0 bridgehead atoms. The highest BCUT2D eigenvalue weighted by Gasteiger charge is 2.42. The van der Waals surface area contributed by atoms with E-state index >= 15 is 0 Å². The Hall–Kier alpha value is -3.97. The Morgan fingerprint density at radius 1 is 0.938 bits per heavy atom. The number of rotatable bonds is 7. The average Bonchev–Trinajstić information content (AvgIpc) is 3.12. The van der Waals surface area contributed by atoms with Crippen LogP contribution in [0, 0.1) is 0 Å². The topological polar surface area (TPSA) is 105 Å². The van der Waals surface area contributed by atoms with Gasteiger partial charge in [0.25, 0.3) is 0 Å². The number of benzene rings is 3. The summed E-state index contributed by atoms with van der Waals surface area (Å²) in [6.45, 7) is 0.174.